The molecule has 0 radical (unpaired) electrons. The summed E-state index contributed by atoms with van der Waals surface area (Å²) < 4.78 is 5.55. The summed E-state index contributed by atoms with van der Waals surface area (Å²) in [5.41, 5.74) is 4.50. The number of furan rings is 1. The van der Waals surface area contributed by atoms with Crippen molar-refractivity contribution in [2.24, 2.45) is 0 Å². The lowest BCUT2D eigenvalue weighted by molar-refractivity contribution is 0.286. The van der Waals surface area contributed by atoms with Crippen LogP contribution in [0.5, 0.6) is 0 Å². The second-order valence-corrected chi connectivity index (χ2v) is 6.75. The molecule has 5 nitrogen and oxygen atoms in total. The summed E-state index contributed by atoms with van der Waals surface area (Å²) in [6, 6.07) is 12.1. The van der Waals surface area contributed by atoms with Gasteiger partial charge >= 0.3 is 0 Å². The highest BCUT2D eigenvalue weighted by Crippen LogP contribution is 2.40. The molecule has 1 aliphatic rings. The van der Waals surface area contributed by atoms with E-state index in [0.29, 0.717) is 6.54 Å². The van der Waals surface area contributed by atoms with Crippen molar-refractivity contribution >= 4 is 17.3 Å². The van der Waals surface area contributed by atoms with Crippen molar-refractivity contribution in [3.8, 4) is 0 Å². The summed E-state index contributed by atoms with van der Waals surface area (Å²) in [4.78, 5) is 10.1. The summed E-state index contributed by atoms with van der Waals surface area (Å²) in [6.07, 6.45) is 3.51. The maximum Gasteiger partial charge on any atom is 0.170 e. The fourth-order valence-corrected chi connectivity index (χ4v) is 3.84. The molecule has 3 aromatic rings. The molecule has 0 bridgehead atoms. The van der Waals surface area contributed by atoms with Gasteiger partial charge in [0.1, 0.15) is 5.76 Å². The summed E-state index contributed by atoms with van der Waals surface area (Å²) in [5.74, 6) is 0.890. The number of nitrogens with one attached hydrogen (secondary N) is 2. The van der Waals surface area contributed by atoms with Gasteiger partial charge in [-0.2, -0.15) is 0 Å². The van der Waals surface area contributed by atoms with Crippen molar-refractivity contribution < 1.29 is 4.42 Å². The van der Waals surface area contributed by atoms with E-state index in [1.807, 2.05) is 36.5 Å². The molecule has 0 unspecified atom stereocenters. The van der Waals surface area contributed by atoms with Crippen molar-refractivity contribution in [1.82, 2.24) is 20.2 Å². The van der Waals surface area contributed by atoms with Crippen LogP contribution in [0.25, 0.3) is 0 Å². The van der Waals surface area contributed by atoms with Crippen molar-refractivity contribution in [3.63, 3.8) is 0 Å². The van der Waals surface area contributed by atoms with E-state index in [1.165, 1.54) is 5.56 Å². The highest BCUT2D eigenvalue weighted by atomic mass is 32.1. The number of nitrogens with zero attached hydrogens (tertiary/aromatic N) is 2. The fraction of sp³-hybridized carbons (Fsp3) is 0.263. The molecule has 0 aliphatic carbocycles. The third-order valence-electron chi connectivity index (χ3n) is 4.61. The van der Waals surface area contributed by atoms with Crippen LogP contribution >= 0.6 is 12.2 Å². The summed E-state index contributed by atoms with van der Waals surface area (Å²) >= 11 is 5.65. The quantitative estimate of drug-likeness (QED) is 0.700. The van der Waals surface area contributed by atoms with E-state index in [1.54, 1.807) is 6.26 Å². The number of hydrogen-bond donors (Lipinski definition) is 2. The first-order chi connectivity index (χ1) is 12.1. The number of rotatable bonds is 4. The predicted molar refractivity (Wildman–Crippen MR) is 100.0 cm³/mol. The van der Waals surface area contributed by atoms with Gasteiger partial charge in [-0.25, -0.2) is 0 Å². The standard InChI is InChI=1S/C19H20N4OS/c1-12-10-15(13(2)21-12)18-17(16-7-3-4-8-20-16)22-19(25)23(18)11-14-6-5-9-24-14/h3-10,17-18,21H,11H2,1-2H3,(H,22,25)/t17-,18+/m0/s1. The lowest BCUT2D eigenvalue weighted by atomic mass is 9.97. The highest BCUT2D eigenvalue weighted by Gasteiger charge is 2.41. The van der Waals surface area contributed by atoms with E-state index in [0.717, 1.165) is 28.0 Å². The molecule has 4 rings (SSSR count). The molecular weight excluding hydrogens is 332 g/mol. The third kappa shape index (κ3) is 2.93. The molecule has 4 heterocycles. The van der Waals surface area contributed by atoms with Gasteiger partial charge in [0, 0.05) is 17.6 Å². The van der Waals surface area contributed by atoms with Gasteiger partial charge in [-0.3, -0.25) is 4.98 Å². The molecule has 1 saturated heterocycles. The monoisotopic (exact) mass is 352 g/mol. The van der Waals surface area contributed by atoms with Gasteiger partial charge in [-0.1, -0.05) is 6.07 Å². The van der Waals surface area contributed by atoms with Crippen LogP contribution in [0.3, 0.4) is 0 Å². The van der Waals surface area contributed by atoms with Crippen molar-refractivity contribution in [3.05, 3.63) is 77.3 Å². The maximum absolute atomic E-state index is 5.65. The fourth-order valence-electron chi connectivity index (χ4n) is 3.54. The smallest absolute Gasteiger partial charge is 0.170 e. The number of aromatic nitrogens is 2. The molecule has 6 heteroatoms. The number of aryl methyl sites for hydroxylation is 2. The topological polar surface area (TPSA) is 57.1 Å². The minimum atomic E-state index is -0.00226. The maximum atomic E-state index is 5.65. The van der Waals surface area contributed by atoms with Crippen molar-refractivity contribution in [1.29, 1.82) is 0 Å². The van der Waals surface area contributed by atoms with Gasteiger partial charge in [0.15, 0.2) is 5.11 Å². The van der Waals surface area contributed by atoms with Gasteiger partial charge in [-0.05, 0) is 62.0 Å². The van der Waals surface area contributed by atoms with Crippen LogP contribution in [0.1, 0.15) is 40.5 Å². The minimum absolute atomic E-state index is 0.00226. The van der Waals surface area contributed by atoms with Crippen LogP contribution in [0.4, 0.5) is 0 Å². The SMILES string of the molecule is Cc1cc([C@@H]2[C@H](c3ccccn3)NC(=S)N2Cc2ccco2)c(C)[nH]1. The van der Waals surface area contributed by atoms with Gasteiger partial charge in [-0.15, -0.1) is 0 Å². The summed E-state index contributed by atoms with van der Waals surface area (Å²) in [6.45, 7) is 4.80. The Morgan fingerprint density at radius 3 is 2.76 bits per heavy atom. The predicted octanol–water partition coefficient (Wildman–Crippen LogP) is 3.79. The lowest BCUT2D eigenvalue weighted by Crippen LogP contribution is -2.29. The van der Waals surface area contributed by atoms with Crippen LogP contribution in [0.2, 0.25) is 0 Å². The zero-order chi connectivity index (χ0) is 17.4. The zero-order valence-corrected chi connectivity index (χ0v) is 15.0. The minimum Gasteiger partial charge on any atom is -0.467 e. The molecule has 128 valence electrons. The molecule has 0 spiro atoms. The van der Waals surface area contributed by atoms with E-state index < -0.39 is 0 Å². The van der Waals surface area contributed by atoms with Gasteiger partial charge in [0.25, 0.3) is 0 Å². The van der Waals surface area contributed by atoms with Crippen molar-refractivity contribution in [2.75, 3.05) is 0 Å². The Hall–Kier alpha value is -2.60. The van der Waals surface area contributed by atoms with Crippen molar-refractivity contribution in [2.45, 2.75) is 32.5 Å². The second kappa shape index (κ2) is 6.37. The second-order valence-electron chi connectivity index (χ2n) is 6.37. The van der Waals surface area contributed by atoms with Crippen LogP contribution in [-0.2, 0) is 6.54 Å². The summed E-state index contributed by atoms with van der Waals surface area (Å²) in [5, 5.41) is 4.17. The molecular formula is C19H20N4OS. The van der Waals surface area contributed by atoms with E-state index in [4.69, 9.17) is 16.6 Å². The Morgan fingerprint density at radius 1 is 1.24 bits per heavy atom. The Bertz CT molecular complexity index is 872. The summed E-state index contributed by atoms with van der Waals surface area (Å²) in [7, 11) is 0. The molecule has 0 amide bonds. The average molecular weight is 352 g/mol. The Labute approximate surface area is 152 Å². The normalized spacial score (nSPS) is 20.1. The molecule has 0 saturated carbocycles. The number of hydrogen-bond acceptors (Lipinski definition) is 3. The van der Waals surface area contributed by atoms with E-state index in [-0.39, 0.29) is 12.1 Å². The first-order valence-corrected chi connectivity index (χ1v) is 8.71. The van der Waals surface area contributed by atoms with Gasteiger partial charge in [0.05, 0.1) is 30.6 Å². The molecule has 3 aromatic heterocycles. The largest absolute Gasteiger partial charge is 0.467 e. The molecule has 1 aliphatic heterocycles. The Morgan fingerprint density at radius 2 is 2.12 bits per heavy atom. The molecule has 0 aromatic carbocycles. The van der Waals surface area contributed by atoms with Gasteiger partial charge < -0.3 is 19.6 Å². The van der Waals surface area contributed by atoms with E-state index in [9.17, 15) is 0 Å². The van der Waals surface area contributed by atoms with Crippen LogP contribution < -0.4 is 5.32 Å². The van der Waals surface area contributed by atoms with Crippen LogP contribution in [0.15, 0.2) is 53.3 Å². The Kier molecular flexibility index (Phi) is 4.05. The highest BCUT2D eigenvalue weighted by molar-refractivity contribution is 7.80. The number of aromatic amines is 1. The number of H-pyrrole nitrogens is 1. The number of pyridine rings is 1. The molecule has 1 fully saturated rings. The van der Waals surface area contributed by atoms with E-state index >= 15 is 0 Å². The first-order valence-electron chi connectivity index (χ1n) is 8.30. The zero-order valence-electron chi connectivity index (χ0n) is 14.2. The molecule has 2 atom stereocenters. The van der Waals surface area contributed by atoms with Crippen LogP contribution in [-0.4, -0.2) is 20.0 Å². The third-order valence-corrected chi connectivity index (χ3v) is 4.96. The number of thiocarbonyl (C=S) groups is 1. The average Bonchev–Trinajstić information content (AvgIpc) is 3.30. The Balaban J connectivity index is 1.77. The van der Waals surface area contributed by atoms with E-state index in [2.05, 4.69) is 40.1 Å². The first kappa shape index (κ1) is 15.9. The van der Waals surface area contributed by atoms with Gasteiger partial charge in [0.2, 0.25) is 0 Å². The lowest BCUT2D eigenvalue weighted by Gasteiger charge is -2.27. The van der Waals surface area contributed by atoms with Crippen LogP contribution in [0, 0.1) is 13.8 Å². The molecule has 25 heavy (non-hydrogen) atoms. The molecule has 2 N–H and O–H groups in total.